The van der Waals surface area contributed by atoms with Crippen molar-refractivity contribution in [2.75, 3.05) is 7.11 Å². The summed E-state index contributed by atoms with van der Waals surface area (Å²) in [6, 6.07) is 4.75. The van der Waals surface area contributed by atoms with Crippen molar-refractivity contribution in [1.29, 1.82) is 0 Å². The van der Waals surface area contributed by atoms with Gasteiger partial charge in [0.15, 0.2) is 23.1 Å². The Morgan fingerprint density at radius 3 is 2.79 bits per heavy atom. The van der Waals surface area contributed by atoms with E-state index < -0.39 is 11.6 Å². The molecule has 0 aliphatic carbocycles. The van der Waals surface area contributed by atoms with E-state index in [0.29, 0.717) is 28.0 Å². The third kappa shape index (κ3) is 1.83. The molecule has 4 aromatic rings. The van der Waals surface area contributed by atoms with Gasteiger partial charge in [-0.25, -0.2) is 9.59 Å². The zero-order valence-corrected chi connectivity index (χ0v) is 12.2. The average molecular weight is 324 g/mol. The SMILES string of the molecule is COC(=O)c1cc2c(nn1)c(=O)oc1c(C=O)c3occc3cc12. The fourth-order valence-corrected chi connectivity index (χ4v) is 2.63. The molecule has 0 aliphatic heterocycles. The van der Waals surface area contributed by atoms with E-state index in [2.05, 4.69) is 14.9 Å². The number of hydrogen-bond acceptors (Lipinski definition) is 8. The molecule has 0 bridgehead atoms. The maximum absolute atomic E-state index is 12.2. The first-order valence-electron chi connectivity index (χ1n) is 6.82. The van der Waals surface area contributed by atoms with Crippen LogP contribution in [0.5, 0.6) is 0 Å². The van der Waals surface area contributed by atoms with Gasteiger partial charge in [0.2, 0.25) is 0 Å². The van der Waals surface area contributed by atoms with Crippen molar-refractivity contribution in [3.63, 3.8) is 0 Å². The lowest BCUT2D eigenvalue weighted by atomic mass is 10.0. The van der Waals surface area contributed by atoms with Crippen LogP contribution in [0.1, 0.15) is 20.8 Å². The summed E-state index contributed by atoms with van der Waals surface area (Å²) in [6.45, 7) is 0. The number of hydrogen-bond donors (Lipinski definition) is 0. The Balaban J connectivity index is 2.25. The van der Waals surface area contributed by atoms with E-state index >= 15 is 0 Å². The normalized spacial score (nSPS) is 11.2. The van der Waals surface area contributed by atoms with Gasteiger partial charge in [0.1, 0.15) is 11.1 Å². The molecule has 0 saturated carbocycles. The second-order valence-corrected chi connectivity index (χ2v) is 5.00. The van der Waals surface area contributed by atoms with Gasteiger partial charge in [-0.2, -0.15) is 0 Å². The molecule has 0 unspecified atom stereocenters. The molecular formula is C16H8N2O6. The molecule has 0 N–H and O–H groups in total. The molecule has 1 aromatic carbocycles. The number of aldehydes is 1. The van der Waals surface area contributed by atoms with Gasteiger partial charge < -0.3 is 13.6 Å². The molecule has 118 valence electrons. The highest BCUT2D eigenvalue weighted by Crippen LogP contribution is 2.31. The summed E-state index contributed by atoms with van der Waals surface area (Å²) in [6.07, 6.45) is 1.98. The number of carbonyl (C=O) groups is 2. The second kappa shape index (κ2) is 4.98. The van der Waals surface area contributed by atoms with Crippen LogP contribution in [-0.2, 0) is 4.74 Å². The molecule has 24 heavy (non-hydrogen) atoms. The monoisotopic (exact) mass is 324 g/mol. The van der Waals surface area contributed by atoms with Gasteiger partial charge in [-0.05, 0) is 18.2 Å². The number of rotatable bonds is 2. The van der Waals surface area contributed by atoms with Crippen molar-refractivity contribution in [2.24, 2.45) is 0 Å². The van der Waals surface area contributed by atoms with E-state index in [0.717, 1.165) is 0 Å². The smallest absolute Gasteiger partial charge is 0.364 e. The Bertz CT molecular complexity index is 1200. The standard InChI is InChI=1S/C16H8N2O6/c1-22-15(20)11-5-8-9-4-7-2-3-23-13(7)10(6-19)14(9)24-16(21)12(8)18-17-11/h2-6H,1H3. The zero-order valence-electron chi connectivity index (χ0n) is 12.2. The number of furan rings is 1. The molecule has 3 heterocycles. The van der Waals surface area contributed by atoms with Gasteiger partial charge in [-0.15, -0.1) is 10.2 Å². The van der Waals surface area contributed by atoms with Crippen molar-refractivity contribution in [1.82, 2.24) is 10.2 Å². The van der Waals surface area contributed by atoms with Crippen LogP contribution in [0.3, 0.4) is 0 Å². The lowest BCUT2D eigenvalue weighted by Gasteiger charge is -2.05. The number of nitrogens with zero attached hydrogens (tertiary/aromatic N) is 2. The number of aromatic nitrogens is 2. The molecule has 8 heteroatoms. The first kappa shape index (κ1) is 14.1. The lowest BCUT2D eigenvalue weighted by molar-refractivity contribution is 0.0593. The highest BCUT2D eigenvalue weighted by atomic mass is 16.5. The largest absolute Gasteiger partial charge is 0.464 e. The number of methoxy groups -OCH3 is 1. The Hall–Kier alpha value is -3.55. The fraction of sp³-hybridized carbons (Fsp3) is 0.0625. The number of esters is 1. The van der Waals surface area contributed by atoms with Crippen LogP contribution in [0.4, 0.5) is 0 Å². The molecule has 8 nitrogen and oxygen atoms in total. The third-order valence-corrected chi connectivity index (χ3v) is 3.71. The Kier molecular flexibility index (Phi) is 2.92. The summed E-state index contributed by atoms with van der Waals surface area (Å²) in [7, 11) is 1.21. The van der Waals surface area contributed by atoms with Crippen LogP contribution in [0, 0.1) is 0 Å². The van der Waals surface area contributed by atoms with Crippen LogP contribution in [0.15, 0.2) is 38.1 Å². The fourth-order valence-electron chi connectivity index (χ4n) is 2.63. The molecular weight excluding hydrogens is 316 g/mol. The molecule has 0 radical (unpaired) electrons. The minimum absolute atomic E-state index is 0.0464. The molecule has 0 amide bonds. The topological polar surface area (TPSA) is 113 Å². The van der Waals surface area contributed by atoms with E-state index in [-0.39, 0.29) is 22.4 Å². The van der Waals surface area contributed by atoms with Crippen molar-refractivity contribution in [3.05, 3.63) is 46.1 Å². The summed E-state index contributed by atoms with van der Waals surface area (Å²) in [5.41, 5.74) is -0.381. The second-order valence-electron chi connectivity index (χ2n) is 5.00. The highest BCUT2D eigenvalue weighted by Gasteiger charge is 2.19. The van der Waals surface area contributed by atoms with Crippen molar-refractivity contribution in [3.8, 4) is 0 Å². The zero-order chi connectivity index (χ0) is 16.8. The van der Waals surface area contributed by atoms with Crippen molar-refractivity contribution >= 4 is 45.1 Å². The summed E-state index contributed by atoms with van der Waals surface area (Å²) in [5.74, 6) is -0.689. The quantitative estimate of drug-likeness (QED) is 0.238. The molecule has 0 saturated heterocycles. The van der Waals surface area contributed by atoms with E-state index in [9.17, 15) is 14.4 Å². The van der Waals surface area contributed by atoms with E-state index in [1.54, 1.807) is 12.1 Å². The maximum atomic E-state index is 12.2. The van der Waals surface area contributed by atoms with E-state index in [4.69, 9.17) is 8.83 Å². The Morgan fingerprint density at radius 2 is 2.04 bits per heavy atom. The van der Waals surface area contributed by atoms with Gasteiger partial charge in [0.25, 0.3) is 0 Å². The molecule has 0 aliphatic rings. The van der Waals surface area contributed by atoms with Crippen LogP contribution in [-0.4, -0.2) is 29.6 Å². The number of fused-ring (bicyclic) bond motifs is 4. The molecule has 4 rings (SSSR count). The van der Waals surface area contributed by atoms with Gasteiger partial charge in [-0.1, -0.05) is 0 Å². The van der Waals surface area contributed by atoms with Crippen LogP contribution < -0.4 is 5.63 Å². The van der Waals surface area contributed by atoms with Crippen LogP contribution in [0.25, 0.3) is 32.8 Å². The van der Waals surface area contributed by atoms with E-state index in [1.807, 2.05) is 0 Å². The number of carbonyl (C=O) groups excluding carboxylic acids is 2. The highest BCUT2D eigenvalue weighted by molar-refractivity contribution is 6.15. The summed E-state index contributed by atoms with van der Waals surface area (Å²) < 4.78 is 15.1. The third-order valence-electron chi connectivity index (χ3n) is 3.71. The summed E-state index contributed by atoms with van der Waals surface area (Å²) in [5, 5.41) is 8.85. The molecule has 3 aromatic heterocycles. The summed E-state index contributed by atoms with van der Waals surface area (Å²) in [4.78, 5) is 35.3. The van der Waals surface area contributed by atoms with Gasteiger partial charge >= 0.3 is 11.6 Å². The maximum Gasteiger partial charge on any atom is 0.364 e. The minimum Gasteiger partial charge on any atom is -0.464 e. The summed E-state index contributed by atoms with van der Waals surface area (Å²) >= 11 is 0. The average Bonchev–Trinajstić information content (AvgIpc) is 3.07. The van der Waals surface area contributed by atoms with Crippen LogP contribution in [0.2, 0.25) is 0 Å². The first-order valence-corrected chi connectivity index (χ1v) is 6.82. The Labute approximate surface area is 132 Å². The lowest BCUT2D eigenvalue weighted by Crippen LogP contribution is -2.10. The Morgan fingerprint density at radius 1 is 1.21 bits per heavy atom. The van der Waals surface area contributed by atoms with E-state index in [1.165, 1.54) is 19.4 Å². The van der Waals surface area contributed by atoms with Gasteiger partial charge in [-0.3, -0.25) is 4.79 Å². The number of benzene rings is 1. The van der Waals surface area contributed by atoms with Crippen molar-refractivity contribution in [2.45, 2.75) is 0 Å². The first-order chi connectivity index (χ1) is 11.6. The number of ether oxygens (including phenoxy) is 1. The predicted octanol–water partition coefficient (Wildman–Crippen LogP) is 2.08. The molecule has 0 atom stereocenters. The van der Waals surface area contributed by atoms with Gasteiger partial charge in [0.05, 0.1) is 13.4 Å². The predicted molar refractivity (Wildman–Crippen MR) is 82.1 cm³/mol. The van der Waals surface area contributed by atoms with Gasteiger partial charge in [0, 0.05) is 16.2 Å². The minimum atomic E-state index is -0.768. The van der Waals surface area contributed by atoms with Crippen LogP contribution >= 0.6 is 0 Å². The molecule has 0 spiro atoms. The van der Waals surface area contributed by atoms with Crippen molar-refractivity contribution < 1.29 is 23.2 Å². The molecule has 0 fully saturated rings.